The average Bonchev–Trinajstić information content (AvgIpc) is 2.68. The summed E-state index contributed by atoms with van der Waals surface area (Å²) < 4.78 is 0. The summed E-state index contributed by atoms with van der Waals surface area (Å²) in [6, 6.07) is 18.3. The molecule has 0 fully saturated rings. The maximum absolute atomic E-state index is 2.32. The van der Waals surface area contributed by atoms with Crippen LogP contribution in [0.25, 0.3) is 11.1 Å². The number of allylic oxidation sites excluding steroid dienone is 2. The monoisotopic (exact) mass is 304 g/mol. The zero-order valence-electron chi connectivity index (χ0n) is 14.6. The van der Waals surface area contributed by atoms with E-state index < -0.39 is 0 Å². The van der Waals surface area contributed by atoms with Gasteiger partial charge in [0.2, 0.25) is 0 Å². The van der Waals surface area contributed by atoms with E-state index in [0.717, 1.165) is 0 Å². The molecule has 0 amide bonds. The second kappa shape index (κ2) is 7.64. The molecule has 3 rings (SSSR count). The zero-order chi connectivity index (χ0) is 16.1. The molecule has 1 aliphatic rings. The van der Waals surface area contributed by atoms with Gasteiger partial charge < -0.3 is 0 Å². The first-order valence-electron chi connectivity index (χ1n) is 9.10. The molecule has 0 N–H and O–H groups in total. The lowest BCUT2D eigenvalue weighted by Gasteiger charge is -2.16. The summed E-state index contributed by atoms with van der Waals surface area (Å²) in [7, 11) is 0. The van der Waals surface area contributed by atoms with E-state index in [0.29, 0.717) is 0 Å². The molecular weight excluding hydrogens is 276 g/mol. The molecule has 23 heavy (non-hydrogen) atoms. The lowest BCUT2D eigenvalue weighted by atomic mass is 9.88. The van der Waals surface area contributed by atoms with Crippen LogP contribution in [-0.2, 0) is 0 Å². The molecule has 1 aliphatic carbocycles. The van der Waals surface area contributed by atoms with Crippen molar-refractivity contribution in [1.29, 1.82) is 0 Å². The molecule has 0 nitrogen and oxygen atoms in total. The van der Waals surface area contributed by atoms with Crippen molar-refractivity contribution in [1.82, 2.24) is 0 Å². The highest BCUT2D eigenvalue weighted by Gasteiger charge is 2.13. The quantitative estimate of drug-likeness (QED) is 0.562. The third-order valence-corrected chi connectivity index (χ3v) is 5.02. The molecule has 0 atom stereocenters. The van der Waals surface area contributed by atoms with E-state index in [-0.39, 0.29) is 0 Å². The van der Waals surface area contributed by atoms with Crippen LogP contribution in [0.5, 0.6) is 0 Å². The highest BCUT2D eigenvalue weighted by molar-refractivity contribution is 5.91. The van der Waals surface area contributed by atoms with Crippen LogP contribution < -0.4 is 0 Å². The largest absolute Gasteiger partial charge is 0.0587 e. The van der Waals surface area contributed by atoms with Crippen molar-refractivity contribution in [3.63, 3.8) is 0 Å². The van der Waals surface area contributed by atoms with Gasteiger partial charge in [0.1, 0.15) is 0 Å². The number of rotatable bonds is 2. The van der Waals surface area contributed by atoms with Gasteiger partial charge in [-0.15, -0.1) is 0 Å². The Kier molecular flexibility index (Phi) is 5.33. The molecule has 0 aromatic heterocycles. The molecule has 0 saturated carbocycles. The topological polar surface area (TPSA) is 0 Å². The van der Waals surface area contributed by atoms with Gasteiger partial charge in [-0.25, -0.2) is 0 Å². The molecule has 0 heterocycles. The highest BCUT2D eigenvalue weighted by atomic mass is 14.2. The number of hydrogen-bond donors (Lipinski definition) is 0. The fourth-order valence-corrected chi connectivity index (χ4v) is 3.58. The molecule has 0 aliphatic heterocycles. The van der Waals surface area contributed by atoms with Crippen LogP contribution >= 0.6 is 0 Å². The van der Waals surface area contributed by atoms with E-state index in [9.17, 15) is 0 Å². The Morgan fingerprint density at radius 2 is 0.826 bits per heavy atom. The van der Waals surface area contributed by atoms with Gasteiger partial charge in [-0.1, -0.05) is 78.9 Å². The normalized spacial score (nSPS) is 16.6. The number of benzene rings is 2. The summed E-state index contributed by atoms with van der Waals surface area (Å²) in [4.78, 5) is 0. The maximum atomic E-state index is 2.32. The Morgan fingerprint density at radius 1 is 0.478 bits per heavy atom. The fraction of sp³-hybridized carbons (Fsp3) is 0.391. The molecule has 0 unspecified atom stereocenters. The highest BCUT2D eigenvalue weighted by Crippen LogP contribution is 2.35. The summed E-state index contributed by atoms with van der Waals surface area (Å²) in [5.41, 5.74) is 8.69. The van der Waals surface area contributed by atoms with Crippen LogP contribution in [0.15, 0.2) is 48.5 Å². The van der Waals surface area contributed by atoms with Crippen molar-refractivity contribution in [2.24, 2.45) is 0 Å². The Labute approximate surface area is 141 Å². The van der Waals surface area contributed by atoms with E-state index in [1.165, 1.54) is 67.2 Å². The lowest BCUT2D eigenvalue weighted by Crippen LogP contribution is -1.94. The Balaban J connectivity index is 2.07. The van der Waals surface area contributed by atoms with E-state index in [4.69, 9.17) is 0 Å². The third kappa shape index (κ3) is 4.13. The number of aryl methyl sites for hydroxylation is 2. The minimum absolute atomic E-state index is 1.21. The van der Waals surface area contributed by atoms with Gasteiger partial charge in [0.05, 0.1) is 0 Å². The smallest absolute Gasteiger partial charge is 0.0221 e. The average molecular weight is 304 g/mol. The van der Waals surface area contributed by atoms with Crippen LogP contribution in [0.3, 0.4) is 0 Å². The van der Waals surface area contributed by atoms with Gasteiger partial charge in [0.25, 0.3) is 0 Å². The molecular formula is C23H28. The first-order valence-corrected chi connectivity index (χ1v) is 9.10. The van der Waals surface area contributed by atoms with E-state index in [1.807, 2.05) is 0 Å². The second-order valence-electron chi connectivity index (χ2n) is 6.96. The van der Waals surface area contributed by atoms with Crippen molar-refractivity contribution in [2.45, 2.75) is 58.8 Å². The third-order valence-electron chi connectivity index (χ3n) is 5.02. The predicted molar refractivity (Wildman–Crippen MR) is 101 cm³/mol. The van der Waals surface area contributed by atoms with Gasteiger partial charge in [-0.05, 0) is 61.8 Å². The van der Waals surface area contributed by atoms with Gasteiger partial charge >= 0.3 is 0 Å². The van der Waals surface area contributed by atoms with E-state index in [1.54, 1.807) is 11.1 Å². The standard InChI is InChI=1S/C23H28/c1-18-10-14-20(15-11-18)22-8-6-4-3-5-7-9-23(22)21-16-12-19(2)13-17-21/h10-17H,3-9H2,1-2H3. The molecule has 0 heteroatoms. The van der Waals surface area contributed by atoms with Crippen molar-refractivity contribution in [3.8, 4) is 0 Å². The summed E-state index contributed by atoms with van der Waals surface area (Å²) in [6.07, 6.45) is 9.20. The van der Waals surface area contributed by atoms with E-state index in [2.05, 4.69) is 62.4 Å². The van der Waals surface area contributed by atoms with Crippen molar-refractivity contribution in [2.75, 3.05) is 0 Å². The fourth-order valence-electron chi connectivity index (χ4n) is 3.58. The molecule has 0 spiro atoms. The summed E-state index contributed by atoms with van der Waals surface area (Å²) in [6.45, 7) is 4.34. The molecule has 2 aromatic carbocycles. The first kappa shape index (κ1) is 16.1. The molecule has 2 aromatic rings. The van der Waals surface area contributed by atoms with Gasteiger partial charge in [-0.2, -0.15) is 0 Å². The van der Waals surface area contributed by atoms with Crippen LogP contribution in [-0.4, -0.2) is 0 Å². The summed E-state index contributed by atoms with van der Waals surface area (Å²) in [5, 5.41) is 0. The maximum Gasteiger partial charge on any atom is -0.0221 e. The van der Waals surface area contributed by atoms with Crippen LogP contribution in [0.1, 0.15) is 67.2 Å². The minimum atomic E-state index is 1.21. The molecule has 0 bridgehead atoms. The van der Waals surface area contributed by atoms with E-state index >= 15 is 0 Å². The molecule has 120 valence electrons. The Morgan fingerprint density at radius 3 is 1.22 bits per heavy atom. The van der Waals surface area contributed by atoms with Gasteiger partial charge in [0, 0.05) is 0 Å². The molecule has 0 radical (unpaired) electrons. The lowest BCUT2D eigenvalue weighted by molar-refractivity contribution is 0.634. The SMILES string of the molecule is Cc1ccc(C2=C(c3ccc(C)cc3)CCCCCCC2)cc1. The summed E-state index contributed by atoms with van der Waals surface area (Å²) in [5.74, 6) is 0. The van der Waals surface area contributed by atoms with Crippen molar-refractivity contribution < 1.29 is 0 Å². The predicted octanol–water partition coefficient (Wildman–Crippen LogP) is 6.96. The van der Waals surface area contributed by atoms with Crippen LogP contribution in [0.4, 0.5) is 0 Å². The van der Waals surface area contributed by atoms with Gasteiger partial charge in [-0.3, -0.25) is 0 Å². The second-order valence-corrected chi connectivity index (χ2v) is 6.96. The van der Waals surface area contributed by atoms with Crippen molar-refractivity contribution in [3.05, 3.63) is 70.8 Å². The Hall–Kier alpha value is -1.82. The number of hydrogen-bond acceptors (Lipinski definition) is 0. The molecule has 0 saturated heterocycles. The summed E-state index contributed by atoms with van der Waals surface area (Å²) >= 11 is 0. The van der Waals surface area contributed by atoms with Crippen molar-refractivity contribution >= 4 is 11.1 Å². The minimum Gasteiger partial charge on any atom is -0.0587 e. The van der Waals surface area contributed by atoms with Crippen LogP contribution in [0.2, 0.25) is 0 Å². The van der Waals surface area contributed by atoms with Gasteiger partial charge in [0.15, 0.2) is 0 Å². The zero-order valence-corrected chi connectivity index (χ0v) is 14.6. The first-order chi connectivity index (χ1) is 11.2. The Bertz CT molecular complexity index is 597. The van der Waals surface area contributed by atoms with Crippen LogP contribution in [0, 0.1) is 13.8 Å².